The SMILES string of the molecule is CN(Cc1ccncc1Br)C(=O)N[C@@H]1COCC1(F)F. The minimum atomic E-state index is -3.02. The summed E-state index contributed by atoms with van der Waals surface area (Å²) in [5.41, 5.74) is 0.840. The predicted octanol–water partition coefficient (Wildman–Crippen LogP) is 2.02. The van der Waals surface area contributed by atoms with Crippen LogP contribution in [0.1, 0.15) is 5.56 Å². The largest absolute Gasteiger partial charge is 0.373 e. The Hall–Kier alpha value is -1.28. The average molecular weight is 350 g/mol. The van der Waals surface area contributed by atoms with E-state index in [4.69, 9.17) is 4.74 Å². The summed E-state index contributed by atoms with van der Waals surface area (Å²) in [6.07, 6.45) is 3.21. The molecule has 20 heavy (non-hydrogen) atoms. The topological polar surface area (TPSA) is 54.5 Å². The van der Waals surface area contributed by atoms with Crippen molar-refractivity contribution < 1.29 is 18.3 Å². The summed E-state index contributed by atoms with van der Waals surface area (Å²) < 4.78 is 32.1. The highest BCUT2D eigenvalue weighted by molar-refractivity contribution is 9.10. The molecule has 2 heterocycles. The normalized spacial score (nSPS) is 20.7. The molecule has 0 aliphatic carbocycles. The number of aromatic nitrogens is 1. The van der Waals surface area contributed by atoms with Gasteiger partial charge in [-0.15, -0.1) is 0 Å². The molecule has 0 radical (unpaired) electrons. The number of halogens is 3. The molecule has 1 atom stereocenters. The smallest absolute Gasteiger partial charge is 0.317 e. The van der Waals surface area contributed by atoms with Crippen molar-refractivity contribution in [3.63, 3.8) is 0 Å². The molecular weight excluding hydrogens is 336 g/mol. The van der Waals surface area contributed by atoms with Gasteiger partial charge in [0.1, 0.15) is 12.6 Å². The van der Waals surface area contributed by atoms with E-state index in [2.05, 4.69) is 26.2 Å². The van der Waals surface area contributed by atoms with Crippen molar-refractivity contribution in [1.82, 2.24) is 15.2 Å². The molecular formula is C12H14BrF2N3O2. The van der Waals surface area contributed by atoms with Crippen LogP contribution in [0.4, 0.5) is 13.6 Å². The lowest BCUT2D eigenvalue weighted by Gasteiger charge is -2.23. The summed E-state index contributed by atoms with van der Waals surface area (Å²) in [4.78, 5) is 17.1. The number of urea groups is 1. The van der Waals surface area contributed by atoms with Gasteiger partial charge < -0.3 is 15.0 Å². The fourth-order valence-corrected chi connectivity index (χ4v) is 2.18. The molecule has 110 valence electrons. The number of nitrogens with zero attached hydrogens (tertiary/aromatic N) is 2. The maximum atomic E-state index is 13.3. The Morgan fingerprint density at radius 3 is 3.05 bits per heavy atom. The van der Waals surface area contributed by atoms with Crippen molar-refractivity contribution >= 4 is 22.0 Å². The molecule has 1 aromatic heterocycles. The van der Waals surface area contributed by atoms with Gasteiger partial charge in [-0.1, -0.05) is 0 Å². The highest BCUT2D eigenvalue weighted by atomic mass is 79.9. The molecule has 1 aliphatic rings. The number of alkyl halides is 2. The Morgan fingerprint density at radius 2 is 2.45 bits per heavy atom. The van der Waals surface area contributed by atoms with E-state index in [1.165, 1.54) is 11.9 Å². The Labute approximate surface area is 123 Å². The molecule has 1 fully saturated rings. The molecule has 1 aromatic rings. The van der Waals surface area contributed by atoms with Crippen LogP contribution in [-0.2, 0) is 11.3 Å². The predicted molar refractivity (Wildman–Crippen MR) is 71.5 cm³/mol. The van der Waals surface area contributed by atoms with Gasteiger partial charge >= 0.3 is 6.03 Å². The molecule has 8 heteroatoms. The first kappa shape index (κ1) is 15.1. The van der Waals surface area contributed by atoms with E-state index < -0.39 is 24.6 Å². The molecule has 1 saturated heterocycles. The van der Waals surface area contributed by atoms with E-state index in [1.54, 1.807) is 18.5 Å². The maximum Gasteiger partial charge on any atom is 0.317 e. The van der Waals surface area contributed by atoms with E-state index in [0.29, 0.717) is 0 Å². The number of ether oxygens (including phenoxy) is 1. The highest BCUT2D eigenvalue weighted by Gasteiger charge is 2.46. The molecule has 1 aliphatic heterocycles. The number of pyridine rings is 1. The Balaban J connectivity index is 1.94. The van der Waals surface area contributed by atoms with Crippen molar-refractivity contribution in [2.24, 2.45) is 0 Å². The molecule has 0 spiro atoms. The molecule has 2 rings (SSSR count). The molecule has 0 saturated carbocycles. The van der Waals surface area contributed by atoms with Crippen LogP contribution in [0.25, 0.3) is 0 Å². The lowest BCUT2D eigenvalue weighted by Crippen LogP contribution is -2.50. The summed E-state index contributed by atoms with van der Waals surface area (Å²) in [7, 11) is 1.54. The van der Waals surface area contributed by atoms with Crippen molar-refractivity contribution in [3.8, 4) is 0 Å². The van der Waals surface area contributed by atoms with Gasteiger partial charge in [0.15, 0.2) is 0 Å². The zero-order valence-electron chi connectivity index (χ0n) is 10.8. The summed E-state index contributed by atoms with van der Waals surface area (Å²) in [5.74, 6) is -3.02. The summed E-state index contributed by atoms with van der Waals surface area (Å²) in [5, 5.41) is 2.29. The Kier molecular flexibility index (Phi) is 4.54. The molecule has 0 unspecified atom stereocenters. The number of amides is 2. The summed E-state index contributed by atoms with van der Waals surface area (Å²) in [6.45, 7) is -0.544. The molecule has 2 amide bonds. The van der Waals surface area contributed by atoms with Crippen molar-refractivity contribution in [2.75, 3.05) is 20.3 Å². The number of carbonyl (C=O) groups excluding carboxylic acids is 1. The maximum absolute atomic E-state index is 13.3. The average Bonchev–Trinajstić information content (AvgIpc) is 2.71. The lowest BCUT2D eigenvalue weighted by atomic mass is 10.2. The van der Waals surface area contributed by atoms with E-state index in [-0.39, 0.29) is 13.2 Å². The van der Waals surface area contributed by atoms with Gasteiger partial charge in [0, 0.05) is 30.5 Å². The van der Waals surface area contributed by atoms with Gasteiger partial charge in [-0.05, 0) is 27.6 Å². The van der Waals surface area contributed by atoms with Gasteiger partial charge in [-0.25, -0.2) is 13.6 Å². The van der Waals surface area contributed by atoms with Gasteiger partial charge in [0.2, 0.25) is 0 Å². The van der Waals surface area contributed by atoms with Gasteiger partial charge in [-0.3, -0.25) is 4.98 Å². The van der Waals surface area contributed by atoms with Crippen LogP contribution in [0.15, 0.2) is 22.9 Å². The van der Waals surface area contributed by atoms with E-state index in [9.17, 15) is 13.6 Å². The fraction of sp³-hybridized carbons (Fsp3) is 0.500. The van der Waals surface area contributed by atoms with E-state index in [1.807, 2.05) is 0 Å². The van der Waals surface area contributed by atoms with Crippen LogP contribution in [0.5, 0.6) is 0 Å². The van der Waals surface area contributed by atoms with Crippen LogP contribution in [0.2, 0.25) is 0 Å². The lowest BCUT2D eigenvalue weighted by molar-refractivity contribution is -0.0222. The number of rotatable bonds is 3. The second kappa shape index (κ2) is 6.01. The van der Waals surface area contributed by atoms with Crippen LogP contribution < -0.4 is 5.32 Å². The minimum Gasteiger partial charge on any atom is -0.373 e. The van der Waals surface area contributed by atoms with E-state index in [0.717, 1.165) is 10.0 Å². The first-order valence-corrected chi connectivity index (χ1v) is 6.75. The fourth-order valence-electron chi connectivity index (χ4n) is 1.80. The molecule has 1 N–H and O–H groups in total. The monoisotopic (exact) mass is 349 g/mol. The van der Waals surface area contributed by atoms with Crippen molar-refractivity contribution in [3.05, 3.63) is 28.5 Å². The molecule has 0 aromatic carbocycles. The number of hydrogen-bond acceptors (Lipinski definition) is 3. The highest BCUT2D eigenvalue weighted by Crippen LogP contribution is 2.25. The first-order chi connectivity index (χ1) is 9.40. The van der Waals surface area contributed by atoms with Gasteiger partial charge in [0.05, 0.1) is 6.61 Å². The number of nitrogens with one attached hydrogen (secondary N) is 1. The van der Waals surface area contributed by atoms with Crippen molar-refractivity contribution in [2.45, 2.75) is 18.5 Å². The minimum absolute atomic E-state index is 0.175. The second-order valence-corrected chi connectivity index (χ2v) is 5.46. The number of carbonyl (C=O) groups is 1. The van der Waals surface area contributed by atoms with Crippen LogP contribution in [-0.4, -0.2) is 48.1 Å². The zero-order chi connectivity index (χ0) is 14.8. The third kappa shape index (κ3) is 3.43. The van der Waals surface area contributed by atoms with Gasteiger partial charge in [0.25, 0.3) is 5.92 Å². The van der Waals surface area contributed by atoms with Gasteiger partial charge in [-0.2, -0.15) is 0 Å². The second-order valence-electron chi connectivity index (χ2n) is 4.60. The summed E-state index contributed by atoms with van der Waals surface area (Å²) in [6, 6.07) is -0.0940. The Morgan fingerprint density at radius 1 is 1.70 bits per heavy atom. The van der Waals surface area contributed by atoms with Crippen LogP contribution in [0, 0.1) is 0 Å². The Bertz CT molecular complexity index is 501. The van der Waals surface area contributed by atoms with Crippen molar-refractivity contribution in [1.29, 1.82) is 0 Å². The third-order valence-electron chi connectivity index (χ3n) is 3.00. The third-order valence-corrected chi connectivity index (χ3v) is 3.71. The quantitative estimate of drug-likeness (QED) is 0.908. The van der Waals surface area contributed by atoms with Crippen LogP contribution in [0.3, 0.4) is 0 Å². The zero-order valence-corrected chi connectivity index (χ0v) is 12.4. The molecule has 5 nitrogen and oxygen atoms in total. The number of hydrogen-bond donors (Lipinski definition) is 1. The van der Waals surface area contributed by atoms with E-state index >= 15 is 0 Å². The first-order valence-electron chi connectivity index (χ1n) is 5.96. The molecule has 0 bridgehead atoms. The standard InChI is InChI=1S/C12H14BrF2N3O2/c1-18(5-8-2-3-16-4-9(8)13)11(19)17-10-6-20-7-12(10,14)15/h2-4,10H,5-7H2,1H3,(H,17,19)/t10-/m1/s1. The van der Waals surface area contributed by atoms with Crippen LogP contribution >= 0.6 is 15.9 Å². The summed E-state index contributed by atoms with van der Waals surface area (Å²) >= 11 is 3.32.